The fourth-order valence-electron chi connectivity index (χ4n) is 3.13. The minimum Gasteiger partial charge on any atom is -0.352 e. The summed E-state index contributed by atoms with van der Waals surface area (Å²) in [5, 5.41) is -0.130. The summed E-state index contributed by atoms with van der Waals surface area (Å²) < 4.78 is 77.8. The number of halogens is 5. The second kappa shape index (κ2) is 9.59. The van der Waals surface area contributed by atoms with Crippen LogP contribution in [0.25, 0.3) is 0 Å². The van der Waals surface area contributed by atoms with E-state index in [0.717, 1.165) is 30.3 Å². The third-order valence-corrected chi connectivity index (χ3v) is 6.59. The molecule has 0 saturated carbocycles. The number of alkyl halides is 3. The second-order valence-electron chi connectivity index (χ2n) is 7.00. The molecule has 1 aromatic heterocycles. The Labute approximate surface area is 187 Å². The Morgan fingerprint density at radius 1 is 1.12 bits per heavy atom. The summed E-state index contributed by atoms with van der Waals surface area (Å²) in [7, 11) is -3.87. The van der Waals surface area contributed by atoms with Crippen molar-refractivity contribution in [3.8, 4) is 0 Å². The van der Waals surface area contributed by atoms with Crippen LogP contribution in [0, 0.1) is 5.82 Å². The highest BCUT2D eigenvalue weighted by Crippen LogP contribution is 2.33. The molecule has 1 aliphatic heterocycles. The Kier molecular flexibility index (Phi) is 7.25. The second-order valence-corrected chi connectivity index (χ2v) is 9.17. The number of benzene rings is 1. The number of anilines is 1. The van der Waals surface area contributed by atoms with Gasteiger partial charge in [-0.3, -0.25) is 4.79 Å². The average molecular weight is 495 g/mol. The highest BCUT2D eigenvalue weighted by atomic mass is 35.5. The van der Waals surface area contributed by atoms with Crippen LogP contribution in [0.4, 0.5) is 23.4 Å². The van der Waals surface area contributed by atoms with Gasteiger partial charge >= 0.3 is 6.18 Å². The first-order valence-corrected chi connectivity index (χ1v) is 11.3. The number of piperazine rings is 1. The molecule has 2 aromatic rings. The molecule has 1 N–H and O–H groups in total. The summed E-state index contributed by atoms with van der Waals surface area (Å²) in [4.78, 5) is 19.3. The minimum atomic E-state index is -4.54. The highest BCUT2D eigenvalue weighted by molar-refractivity contribution is 7.89. The molecule has 174 valence electrons. The molecule has 1 saturated heterocycles. The predicted molar refractivity (Wildman–Crippen MR) is 109 cm³/mol. The Morgan fingerprint density at radius 2 is 1.75 bits per heavy atom. The van der Waals surface area contributed by atoms with Crippen LogP contribution in [-0.4, -0.2) is 56.9 Å². The number of sulfonamides is 1. The van der Waals surface area contributed by atoms with E-state index in [2.05, 4.69) is 9.71 Å². The molecule has 0 spiro atoms. The maximum atomic E-state index is 12.9. The number of nitrogens with one attached hydrogen (secondary N) is 1. The molecule has 1 fully saturated rings. The van der Waals surface area contributed by atoms with E-state index in [1.807, 2.05) is 0 Å². The molecule has 1 aliphatic rings. The summed E-state index contributed by atoms with van der Waals surface area (Å²) in [5.74, 6) is -0.636. The van der Waals surface area contributed by atoms with Gasteiger partial charge in [0.2, 0.25) is 15.9 Å². The van der Waals surface area contributed by atoms with Gasteiger partial charge in [0.15, 0.2) is 0 Å². The smallest absolute Gasteiger partial charge is 0.352 e. The first-order chi connectivity index (χ1) is 15.0. The molecule has 1 amide bonds. The van der Waals surface area contributed by atoms with Crippen LogP contribution in [-0.2, 0) is 21.0 Å². The fraction of sp³-hybridized carbons (Fsp3) is 0.368. The Bertz CT molecular complexity index is 1070. The van der Waals surface area contributed by atoms with Crippen molar-refractivity contribution in [2.24, 2.45) is 0 Å². The maximum absolute atomic E-state index is 12.9. The van der Waals surface area contributed by atoms with Crippen molar-refractivity contribution in [2.75, 3.05) is 37.6 Å². The van der Waals surface area contributed by atoms with Gasteiger partial charge in [-0.05, 0) is 30.3 Å². The van der Waals surface area contributed by atoms with Crippen LogP contribution in [0.3, 0.4) is 0 Å². The molecule has 13 heteroatoms. The molecule has 0 bridgehead atoms. The SMILES string of the molecule is O=C(CCNS(=O)(=O)c1ccc(F)cc1)N1CCN(c2ncc(C(F)(F)F)cc2Cl)CC1. The lowest BCUT2D eigenvalue weighted by molar-refractivity contribution is -0.137. The number of amides is 1. The van der Waals surface area contributed by atoms with Gasteiger partial charge in [0.25, 0.3) is 0 Å². The number of hydrogen-bond acceptors (Lipinski definition) is 5. The Balaban J connectivity index is 1.50. The number of pyridine rings is 1. The van der Waals surface area contributed by atoms with Crippen molar-refractivity contribution in [3.05, 3.63) is 52.9 Å². The van der Waals surface area contributed by atoms with Gasteiger partial charge in [0.1, 0.15) is 11.6 Å². The lowest BCUT2D eigenvalue weighted by atomic mass is 10.2. The van der Waals surface area contributed by atoms with E-state index in [-0.39, 0.29) is 47.7 Å². The molecule has 2 heterocycles. The van der Waals surface area contributed by atoms with Crippen molar-refractivity contribution in [2.45, 2.75) is 17.5 Å². The summed E-state index contributed by atoms with van der Waals surface area (Å²) in [6.07, 6.45) is -3.91. The zero-order valence-corrected chi connectivity index (χ0v) is 18.1. The van der Waals surface area contributed by atoms with Gasteiger partial charge < -0.3 is 9.80 Å². The fourth-order valence-corrected chi connectivity index (χ4v) is 4.45. The van der Waals surface area contributed by atoms with Crippen LogP contribution in [0.1, 0.15) is 12.0 Å². The zero-order chi connectivity index (χ0) is 23.5. The molecule has 0 radical (unpaired) electrons. The molecular formula is C19H19ClF4N4O3S. The molecule has 0 unspecified atom stereocenters. The average Bonchev–Trinajstić information content (AvgIpc) is 2.73. The van der Waals surface area contributed by atoms with Gasteiger partial charge in [0, 0.05) is 45.3 Å². The maximum Gasteiger partial charge on any atom is 0.417 e. The van der Waals surface area contributed by atoms with Gasteiger partial charge in [-0.15, -0.1) is 0 Å². The Morgan fingerprint density at radius 3 is 2.31 bits per heavy atom. The van der Waals surface area contributed by atoms with Gasteiger partial charge in [0.05, 0.1) is 15.5 Å². The molecule has 3 rings (SSSR count). The normalized spacial score (nSPS) is 15.2. The molecule has 1 aromatic carbocycles. The largest absolute Gasteiger partial charge is 0.417 e. The van der Waals surface area contributed by atoms with Crippen molar-refractivity contribution in [1.82, 2.24) is 14.6 Å². The van der Waals surface area contributed by atoms with Crippen LogP contribution < -0.4 is 9.62 Å². The monoisotopic (exact) mass is 494 g/mol. The summed E-state index contributed by atoms with van der Waals surface area (Å²) in [6.45, 7) is 1.05. The number of hydrogen-bond donors (Lipinski definition) is 1. The predicted octanol–water partition coefficient (Wildman–Crippen LogP) is 2.91. The number of nitrogens with zero attached hydrogens (tertiary/aromatic N) is 3. The van der Waals surface area contributed by atoms with E-state index in [1.54, 1.807) is 4.90 Å². The van der Waals surface area contributed by atoms with Crippen molar-refractivity contribution < 1.29 is 30.8 Å². The molecule has 0 aliphatic carbocycles. The quantitative estimate of drug-likeness (QED) is 0.624. The third kappa shape index (κ3) is 5.87. The van der Waals surface area contributed by atoms with Crippen molar-refractivity contribution in [3.63, 3.8) is 0 Å². The number of aromatic nitrogens is 1. The van der Waals surface area contributed by atoms with Crippen LogP contribution in [0.15, 0.2) is 41.4 Å². The van der Waals surface area contributed by atoms with E-state index in [9.17, 15) is 30.8 Å². The molecule has 32 heavy (non-hydrogen) atoms. The lowest BCUT2D eigenvalue weighted by Crippen LogP contribution is -2.49. The van der Waals surface area contributed by atoms with E-state index in [1.165, 1.54) is 4.90 Å². The lowest BCUT2D eigenvalue weighted by Gasteiger charge is -2.36. The van der Waals surface area contributed by atoms with E-state index >= 15 is 0 Å². The van der Waals surface area contributed by atoms with Crippen LogP contribution in [0.5, 0.6) is 0 Å². The Hall–Kier alpha value is -2.44. The van der Waals surface area contributed by atoms with Gasteiger partial charge in [-0.2, -0.15) is 13.2 Å². The summed E-state index contributed by atoms with van der Waals surface area (Å²) >= 11 is 5.97. The molecular weight excluding hydrogens is 476 g/mol. The van der Waals surface area contributed by atoms with E-state index in [4.69, 9.17) is 11.6 Å². The summed E-state index contributed by atoms with van der Waals surface area (Å²) in [6, 6.07) is 5.11. The first kappa shape index (κ1) is 24.2. The number of rotatable bonds is 6. The van der Waals surface area contributed by atoms with Crippen molar-refractivity contribution in [1.29, 1.82) is 0 Å². The van der Waals surface area contributed by atoms with Crippen LogP contribution >= 0.6 is 11.6 Å². The number of carbonyl (C=O) groups is 1. The first-order valence-electron chi connectivity index (χ1n) is 9.48. The minimum absolute atomic E-state index is 0.0836. The topological polar surface area (TPSA) is 82.6 Å². The number of carbonyl (C=O) groups excluding carboxylic acids is 1. The van der Waals surface area contributed by atoms with Gasteiger partial charge in [-0.25, -0.2) is 22.5 Å². The van der Waals surface area contributed by atoms with E-state index in [0.29, 0.717) is 19.3 Å². The summed E-state index contributed by atoms with van der Waals surface area (Å²) in [5.41, 5.74) is -0.942. The van der Waals surface area contributed by atoms with E-state index < -0.39 is 27.6 Å². The molecule has 0 atom stereocenters. The standard InChI is InChI=1S/C19H19ClF4N4O3S/c20-16-11-13(19(22,23)24)12-25-18(16)28-9-7-27(8-10-28)17(29)5-6-26-32(30,31)15-3-1-14(21)2-4-15/h1-4,11-12,26H,5-10H2. The van der Waals surface area contributed by atoms with Gasteiger partial charge in [-0.1, -0.05) is 11.6 Å². The zero-order valence-electron chi connectivity index (χ0n) is 16.6. The molecule has 7 nitrogen and oxygen atoms in total. The van der Waals surface area contributed by atoms with Crippen molar-refractivity contribution >= 4 is 33.3 Å². The van der Waals surface area contributed by atoms with Crippen LogP contribution in [0.2, 0.25) is 5.02 Å². The highest BCUT2D eigenvalue weighted by Gasteiger charge is 2.32. The third-order valence-electron chi connectivity index (χ3n) is 4.84.